The van der Waals surface area contributed by atoms with E-state index in [1.54, 1.807) is 36.1 Å². The largest absolute Gasteiger partial charge is 0.389 e. The van der Waals surface area contributed by atoms with Gasteiger partial charge in [0, 0.05) is 17.8 Å². The van der Waals surface area contributed by atoms with E-state index >= 15 is 0 Å². The second-order valence-corrected chi connectivity index (χ2v) is 4.57. The van der Waals surface area contributed by atoms with Gasteiger partial charge in [-0.25, -0.2) is 8.78 Å². The fourth-order valence-electron chi connectivity index (χ4n) is 2.25. The van der Waals surface area contributed by atoms with Crippen LogP contribution in [0.15, 0.2) is 42.5 Å². The Bertz CT molecular complexity index is 599. The number of aliphatic hydroxyl groups is 1. The molecule has 0 amide bonds. The standard InChI is InChI=1S/C16H17F2NO/c1-3-19(16-7-5-4-6-14(16)18)15-9-8-12(17)10-13(15)11(2)20/h4-11,20H,3H2,1-2H3. The normalized spacial score (nSPS) is 12.2. The zero-order valence-electron chi connectivity index (χ0n) is 11.5. The van der Waals surface area contributed by atoms with Crippen molar-refractivity contribution in [1.29, 1.82) is 0 Å². The van der Waals surface area contributed by atoms with E-state index in [4.69, 9.17) is 0 Å². The van der Waals surface area contributed by atoms with Crippen molar-refractivity contribution < 1.29 is 13.9 Å². The van der Waals surface area contributed by atoms with Crippen LogP contribution < -0.4 is 4.90 Å². The van der Waals surface area contributed by atoms with E-state index in [0.29, 0.717) is 23.5 Å². The fraction of sp³-hybridized carbons (Fsp3) is 0.250. The molecule has 2 aromatic carbocycles. The van der Waals surface area contributed by atoms with Gasteiger partial charge in [-0.15, -0.1) is 0 Å². The summed E-state index contributed by atoms with van der Waals surface area (Å²) in [6.45, 7) is 3.95. The number of rotatable bonds is 4. The highest BCUT2D eigenvalue weighted by atomic mass is 19.1. The molecule has 1 unspecified atom stereocenters. The van der Waals surface area contributed by atoms with Crippen LogP contribution in [-0.4, -0.2) is 11.7 Å². The van der Waals surface area contributed by atoms with E-state index in [2.05, 4.69) is 0 Å². The van der Waals surface area contributed by atoms with E-state index in [0.717, 1.165) is 0 Å². The molecule has 0 radical (unpaired) electrons. The lowest BCUT2D eigenvalue weighted by Gasteiger charge is -2.27. The molecule has 0 aliphatic rings. The summed E-state index contributed by atoms with van der Waals surface area (Å²) in [6, 6.07) is 10.6. The van der Waals surface area contributed by atoms with Crippen molar-refractivity contribution in [2.45, 2.75) is 20.0 Å². The van der Waals surface area contributed by atoms with Crippen LogP contribution in [0.25, 0.3) is 0 Å². The zero-order chi connectivity index (χ0) is 14.7. The van der Waals surface area contributed by atoms with Crippen molar-refractivity contribution in [3.8, 4) is 0 Å². The van der Waals surface area contributed by atoms with Gasteiger partial charge < -0.3 is 10.0 Å². The third kappa shape index (κ3) is 2.80. The molecule has 2 nitrogen and oxygen atoms in total. The molecule has 1 N–H and O–H groups in total. The molecule has 0 saturated carbocycles. The monoisotopic (exact) mass is 277 g/mol. The van der Waals surface area contributed by atoms with E-state index in [1.807, 2.05) is 6.92 Å². The SMILES string of the molecule is CCN(c1ccccc1F)c1ccc(F)cc1C(C)O. The Morgan fingerprint density at radius 2 is 1.80 bits per heavy atom. The molecule has 0 spiro atoms. The molecule has 2 rings (SSSR count). The van der Waals surface area contributed by atoms with Crippen LogP contribution in [0.1, 0.15) is 25.5 Å². The Balaban J connectivity index is 2.55. The quantitative estimate of drug-likeness (QED) is 0.906. The number of hydrogen-bond donors (Lipinski definition) is 1. The van der Waals surface area contributed by atoms with Gasteiger partial charge in [0.05, 0.1) is 11.8 Å². The first-order valence-electron chi connectivity index (χ1n) is 6.54. The number of halogens is 2. The number of para-hydroxylation sites is 1. The van der Waals surface area contributed by atoms with Crippen LogP contribution in [0.2, 0.25) is 0 Å². The summed E-state index contributed by atoms with van der Waals surface area (Å²) in [7, 11) is 0. The summed E-state index contributed by atoms with van der Waals surface area (Å²) in [5.41, 5.74) is 1.45. The summed E-state index contributed by atoms with van der Waals surface area (Å²) >= 11 is 0. The van der Waals surface area contributed by atoms with E-state index in [-0.39, 0.29) is 5.82 Å². The Labute approximate surface area is 117 Å². The van der Waals surface area contributed by atoms with Gasteiger partial charge in [0.1, 0.15) is 11.6 Å². The maximum Gasteiger partial charge on any atom is 0.146 e. The van der Waals surface area contributed by atoms with Gasteiger partial charge in [-0.1, -0.05) is 12.1 Å². The summed E-state index contributed by atoms with van der Waals surface area (Å²) in [5, 5.41) is 9.80. The topological polar surface area (TPSA) is 23.5 Å². The Hall–Kier alpha value is -1.94. The molecule has 0 aliphatic carbocycles. The lowest BCUT2D eigenvalue weighted by Crippen LogP contribution is -2.19. The summed E-state index contributed by atoms with van der Waals surface area (Å²) in [5.74, 6) is -0.774. The molecule has 2 aromatic rings. The number of benzene rings is 2. The first-order chi connectivity index (χ1) is 9.54. The van der Waals surface area contributed by atoms with Gasteiger partial charge in [0.15, 0.2) is 0 Å². The lowest BCUT2D eigenvalue weighted by molar-refractivity contribution is 0.199. The third-order valence-corrected chi connectivity index (χ3v) is 3.19. The fourth-order valence-corrected chi connectivity index (χ4v) is 2.25. The van der Waals surface area contributed by atoms with Crippen molar-refractivity contribution in [3.05, 3.63) is 59.7 Å². The molecule has 0 fully saturated rings. The van der Waals surface area contributed by atoms with Gasteiger partial charge in [-0.3, -0.25) is 0 Å². The maximum atomic E-state index is 13.9. The highest BCUT2D eigenvalue weighted by Crippen LogP contribution is 2.33. The predicted octanol–water partition coefficient (Wildman–Crippen LogP) is 4.18. The van der Waals surface area contributed by atoms with Crippen LogP contribution in [0.4, 0.5) is 20.2 Å². The van der Waals surface area contributed by atoms with Gasteiger partial charge >= 0.3 is 0 Å². The van der Waals surface area contributed by atoms with Gasteiger partial charge in [0.25, 0.3) is 0 Å². The van der Waals surface area contributed by atoms with E-state index in [9.17, 15) is 13.9 Å². The first kappa shape index (κ1) is 14.5. The molecule has 0 bridgehead atoms. The van der Waals surface area contributed by atoms with Crippen molar-refractivity contribution in [1.82, 2.24) is 0 Å². The van der Waals surface area contributed by atoms with Crippen molar-refractivity contribution in [2.75, 3.05) is 11.4 Å². The number of nitrogens with zero attached hydrogens (tertiary/aromatic N) is 1. The molecule has 0 aliphatic heterocycles. The predicted molar refractivity (Wildman–Crippen MR) is 76.1 cm³/mol. The van der Waals surface area contributed by atoms with Crippen LogP contribution in [0.5, 0.6) is 0 Å². The lowest BCUT2D eigenvalue weighted by atomic mass is 10.1. The highest BCUT2D eigenvalue weighted by Gasteiger charge is 2.17. The summed E-state index contributed by atoms with van der Waals surface area (Å²) in [4.78, 5) is 1.72. The minimum Gasteiger partial charge on any atom is -0.389 e. The van der Waals surface area contributed by atoms with Gasteiger partial charge in [-0.2, -0.15) is 0 Å². The molecule has 0 saturated heterocycles. The van der Waals surface area contributed by atoms with Crippen molar-refractivity contribution in [3.63, 3.8) is 0 Å². The first-order valence-corrected chi connectivity index (χ1v) is 6.54. The molecule has 0 heterocycles. The van der Waals surface area contributed by atoms with E-state index < -0.39 is 11.9 Å². The van der Waals surface area contributed by atoms with Gasteiger partial charge in [0.2, 0.25) is 0 Å². The molecule has 0 aromatic heterocycles. The average Bonchev–Trinajstić information content (AvgIpc) is 2.42. The second-order valence-electron chi connectivity index (χ2n) is 4.57. The average molecular weight is 277 g/mol. The number of hydrogen-bond acceptors (Lipinski definition) is 2. The number of anilines is 2. The number of aliphatic hydroxyl groups excluding tert-OH is 1. The molecule has 1 atom stereocenters. The van der Waals surface area contributed by atoms with Crippen LogP contribution in [0, 0.1) is 11.6 Å². The molecular weight excluding hydrogens is 260 g/mol. The summed E-state index contributed by atoms with van der Waals surface area (Å²) in [6.07, 6.45) is -0.832. The maximum absolute atomic E-state index is 13.9. The Morgan fingerprint density at radius 3 is 2.40 bits per heavy atom. The van der Waals surface area contributed by atoms with Crippen LogP contribution in [-0.2, 0) is 0 Å². The molecule has 4 heteroatoms. The molecule has 20 heavy (non-hydrogen) atoms. The Morgan fingerprint density at radius 1 is 1.10 bits per heavy atom. The minimum absolute atomic E-state index is 0.352. The van der Waals surface area contributed by atoms with Crippen LogP contribution in [0.3, 0.4) is 0 Å². The molecule has 106 valence electrons. The second kappa shape index (κ2) is 6.01. The Kier molecular flexibility index (Phi) is 4.35. The minimum atomic E-state index is -0.832. The van der Waals surface area contributed by atoms with Crippen molar-refractivity contribution in [2.24, 2.45) is 0 Å². The third-order valence-electron chi connectivity index (χ3n) is 3.19. The highest BCUT2D eigenvalue weighted by molar-refractivity contribution is 5.67. The zero-order valence-corrected chi connectivity index (χ0v) is 11.5. The molecular formula is C16H17F2NO. The van der Waals surface area contributed by atoms with Gasteiger partial charge in [-0.05, 0) is 44.2 Å². The van der Waals surface area contributed by atoms with Crippen LogP contribution >= 0.6 is 0 Å². The van der Waals surface area contributed by atoms with Crippen molar-refractivity contribution >= 4 is 11.4 Å². The summed E-state index contributed by atoms with van der Waals surface area (Å²) < 4.78 is 27.3. The smallest absolute Gasteiger partial charge is 0.146 e. The van der Waals surface area contributed by atoms with E-state index in [1.165, 1.54) is 18.2 Å².